The molecule has 0 saturated carbocycles. The van der Waals surface area contributed by atoms with Crippen molar-refractivity contribution in [2.75, 3.05) is 26.2 Å². The van der Waals surface area contributed by atoms with Gasteiger partial charge in [-0.3, -0.25) is 0 Å². The zero-order valence-electron chi connectivity index (χ0n) is 9.47. The standard InChI is InChI=1S/C12H24N2/c1-3-5-10-14(4-2)11-8-12-7-6-9-13-12/h3,12-13H,1,4-11H2,2H3. The number of hydrogen-bond acceptors (Lipinski definition) is 2. The molecular weight excluding hydrogens is 172 g/mol. The summed E-state index contributed by atoms with van der Waals surface area (Å²) in [5, 5.41) is 3.55. The summed E-state index contributed by atoms with van der Waals surface area (Å²) in [6, 6.07) is 0.785. The summed E-state index contributed by atoms with van der Waals surface area (Å²) in [6.45, 7) is 10.8. The topological polar surface area (TPSA) is 15.3 Å². The first-order valence-corrected chi connectivity index (χ1v) is 5.93. The molecule has 1 atom stereocenters. The molecule has 0 aliphatic carbocycles. The predicted molar refractivity (Wildman–Crippen MR) is 62.6 cm³/mol. The maximum Gasteiger partial charge on any atom is 0.00797 e. The number of nitrogens with one attached hydrogen (secondary N) is 1. The van der Waals surface area contributed by atoms with Crippen molar-refractivity contribution in [2.24, 2.45) is 0 Å². The van der Waals surface area contributed by atoms with Crippen molar-refractivity contribution >= 4 is 0 Å². The van der Waals surface area contributed by atoms with Crippen LogP contribution in [0, 0.1) is 0 Å². The first kappa shape index (κ1) is 11.7. The molecule has 1 aliphatic rings. The monoisotopic (exact) mass is 196 g/mol. The second kappa shape index (κ2) is 7.02. The van der Waals surface area contributed by atoms with Crippen LogP contribution in [0.4, 0.5) is 0 Å². The summed E-state index contributed by atoms with van der Waals surface area (Å²) in [4.78, 5) is 2.52. The Hall–Kier alpha value is -0.340. The molecule has 1 rings (SSSR count). The fourth-order valence-electron chi connectivity index (χ4n) is 2.04. The largest absolute Gasteiger partial charge is 0.314 e. The lowest BCUT2D eigenvalue weighted by molar-refractivity contribution is 0.277. The highest BCUT2D eigenvalue weighted by Crippen LogP contribution is 2.09. The van der Waals surface area contributed by atoms with Crippen LogP contribution in [0.1, 0.15) is 32.6 Å². The molecule has 1 saturated heterocycles. The summed E-state index contributed by atoms with van der Waals surface area (Å²) < 4.78 is 0. The Morgan fingerprint density at radius 3 is 2.93 bits per heavy atom. The van der Waals surface area contributed by atoms with Crippen LogP contribution in [0.15, 0.2) is 12.7 Å². The molecule has 0 radical (unpaired) electrons. The molecule has 0 bridgehead atoms. The molecule has 1 unspecified atom stereocenters. The van der Waals surface area contributed by atoms with Gasteiger partial charge in [-0.05, 0) is 45.3 Å². The number of rotatable bonds is 7. The highest BCUT2D eigenvalue weighted by molar-refractivity contribution is 4.76. The molecule has 14 heavy (non-hydrogen) atoms. The van der Waals surface area contributed by atoms with E-state index in [2.05, 4.69) is 23.7 Å². The minimum Gasteiger partial charge on any atom is -0.314 e. The van der Waals surface area contributed by atoms with E-state index in [0.29, 0.717) is 0 Å². The van der Waals surface area contributed by atoms with Crippen molar-refractivity contribution in [1.82, 2.24) is 10.2 Å². The van der Waals surface area contributed by atoms with Crippen LogP contribution in [-0.4, -0.2) is 37.1 Å². The van der Waals surface area contributed by atoms with Gasteiger partial charge in [0.15, 0.2) is 0 Å². The van der Waals surface area contributed by atoms with Gasteiger partial charge >= 0.3 is 0 Å². The lowest BCUT2D eigenvalue weighted by atomic mass is 10.1. The van der Waals surface area contributed by atoms with Crippen LogP contribution in [0.2, 0.25) is 0 Å². The average molecular weight is 196 g/mol. The van der Waals surface area contributed by atoms with Crippen molar-refractivity contribution < 1.29 is 0 Å². The summed E-state index contributed by atoms with van der Waals surface area (Å²) in [6.07, 6.45) is 7.18. The van der Waals surface area contributed by atoms with E-state index < -0.39 is 0 Å². The normalized spacial score (nSPS) is 21.7. The molecule has 0 aromatic heterocycles. The van der Waals surface area contributed by atoms with Crippen molar-refractivity contribution in [1.29, 1.82) is 0 Å². The Morgan fingerprint density at radius 2 is 2.36 bits per heavy atom. The predicted octanol–water partition coefficient (Wildman–Crippen LogP) is 2.03. The molecule has 0 amide bonds. The second-order valence-corrected chi connectivity index (χ2v) is 4.09. The first-order chi connectivity index (χ1) is 6.86. The van der Waals surface area contributed by atoms with Gasteiger partial charge < -0.3 is 10.2 Å². The Balaban J connectivity index is 2.09. The first-order valence-electron chi connectivity index (χ1n) is 5.93. The van der Waals surface area contributed by atoms with Gasteiger partial charge in [0, 0.05) is 12.6 Å². The molecule has 0 spiro atoms. The van der Waals surface area contributed by atoms with E-state index >= 15 is 0 Å². The average Bonchev–Trinajstić information content (AvgIpc) is 2.71. The summed E-state index contributed by atoms with van der Waals surface area (Å²) >= 11 is 0. The molecule has 1 aliphatic heterocycles. The van der Waals surface area contributed by atoms with E-state index in [-0.39, 0.29) is 0 Å². The molecule has 1 N–H and O–H groups in total. The lowest BCUT2D eigenvalue weighted by Gasteiger charge is -2.21. The van der Waals surface area contributed by atoms with Crippen LogP contribution in [0.3, 0.4) is 0 Å². The highest BCUT2D eigenvalue weighted by atomic mass is 15.1. The number of hydrogen-bond donors (Lipinski definition) is 1. The zero-order valence-corrected chi connectivity index (χ0v) is 9.47. The van der Waals surface area contributed by atoms with E-state index in [1.165, 1.54) is 45.4 Å². The van der Waals surface area contributed by atoms with E-state index in [1.807, 2.05) is 6.08 Å². The van der Waals surface area contributed by atoms with Gasteiger partial charge in [-0.2, -0.15) is 0 Å². The van der Waals surface area contributed by atoms with Crippen molar-refractivity contribution in [2.45, 2.75) is 38.6 Å². The fraction of sp³-hybridized carbons (Fsp3) is 0.833. The van der Waals surface area contributed by atoms with Gasteiger partial charge in [0.1, 0.15) is 0 Å². The lowest BCUT2D eigenvalue weighted by Crippen LogP contribution is -2.31. The third-order valence-corrected chi connectivity index (χ3v) is 3.05. The molecule has 0 aromatic rings. The third kappa shape index (κ3) is 4.25. The van der Waals surface area contributed by atoms with Crippen LogP contribution in [-0.2, 0) is 0 Å². The molecule has 1 fully saturated rings. The second-order valence-electron chi connectivity index (χ2n) is 4.09. The molecule has 2 nitrogen and oxygen atoms in total. The van der Waals surface area contributed by atoms with E-state index in [4.69, 9.17) is 0 Å². The van der Waals surface area contributed by atoms with Crippen molar-refractivity contribution in [3.63, 3.8) is 0 Å². The van der Waals surface area contributed by atoms with Crippen LogP contribution >= 0.6 is 0 Å². The zero-order chi connectivity index (χ0) is 10.2. The van der Waals surface area contributed by atoms with Gasteiger partial charge in [-0.25, -0.2) is 0 Å². The highest BCUT2D eigenvalue weighted by Gasteiger charge is 2.14. The minimum absolute atomic E-state index is 0.785. The molecular formula is C12H24N2. The van der Waals surface area contributed by atoms with Gasteiger partial charge in [0.05, 0.1) is 0 Å². The molecule has 1 heterocycles. The van der Waals surface area contributed by atoms with Crippen LogP contribution in [0.5, 0.6) is 0 Å². The van der Waals surface area contributed by atoms with Crippen LogP contribution < -0.4 is 5.32 Å². The van der Waals surface area contributed by atoms with Gasteiger partial charge in [-0.15, -0.1) is 6.58 Å². The molecule has 2 heteroatoms. The van der Waals surface area contributed by atoms with Gasteiger partial charge in [0.25, 0.3) is 0 Å². The van der Waals surface area contributed by atoms with Crippen molar-refractivity contribution in [3.8, 4) is 0 Å². The maximum absolute atomic E-state index is 3.77. The number of nitrogens with zero attached hydrogens (tertiary/aromatic N) is 1. The van der Waals surface area contributed by atoms with E-state index in [9.17, 15) is 0 Å². The van der Waals surface area contributed by atoms with Gasteiger partial charge in [0.2, 0.25) is 0 Å². The Kier molecular flexibility index (Phi) is 5.88. The Labute approximate surface area is 88.4 Å². The summed E-state index contributed by atoms with van der Waals surface area (Å²) in [5.74, 6) is 0. The Bertz CT molecular complexity index is 150. The molecule has 82 valence electrons. The van der Waals surface area contributed by atoms with Gasteiger partial charge in [-0.1, -0.05) is 13.0 Å². The molecule has 0 aromatic carbocycles. The summed E-state index contributed by atoms with van der Waals surface area (Å²) in [5.41, 5.74) is 0. The smallest absolute Gasteiger partial charge is 0.00797 e. The quantitative estimate of drug-likeness (QED) is 0.627. The van der Waals surface area contributed by atoms with Crippen molar-refractivity contribution in [3.05, 3.63) is 12.7 Å². The minimum atomic E-state index is 0.785. The van der Waals surface area contributed by atoms with E-state index in [0.717, 1.165) is 12.5 Å². The third-order valence-electron chi connectivity index (χ3n) is 3.05. The fourth-order valence-corrected chi connectivity index (χ4v) is 2.04. The SMILES string of the molecule is C=CCCN(CC)CCC1CCCN1. The van der Waals surface area contributed by atoms with E-state index in [1.54, 1.807) is 0 Å². The van der Waals surface area contributed by atoms with Crippen LogP contribution in [0.25, 0.3) is 0 Å². The summed E-state index contributed by atoms with van der Waals surface area (Å²) in [7, 11) is 0. The maximum atomic E-state index is 3.77. The Morgan fingerprint density at radius 1 is 1.50 bits per heavy atom.